The Hall–Kier alpha value is -3.35. The van der Waals surface area contributed by atoms with Crippen LogP contribution in [0.2, 0.25) is 0 Å². The summed E-state index contributed by atoms with van der Waals surface area (Å²) in [5, 5.41) is 5.97. The fourth-order valence-corrected chi connectivity index (χ4v) is 3.99. The van der Waals surface area contributed by atoms with Gasteiger partial charge < -0.3 is 20.1 Å². The number of carbonyl (C=O) groups excluding carboxylic acids is 1. The van der Waals surface area contributed by atoms with E-state index in [1.165, 1.54) is 0 Å². The van der Waals surface area contributed by atoms with Crippen molar-refractivity contribution in [2.24, 2.45) is 0 Å². The van der Waals surface area contributed by atoms with Crippen LogP contribution in [0.4, 0.5) is 16.3 Å². The predicted molar refractivity (Wildman–Crippen MR) is 120 cm³/mol. The minimum atomic E-state index is -0.195. The molecule has 2 heterocycles. The first-order valence-corrected chi connectivity index (χ1v) is 10.4. The third-order valence-corrected chi connectivity index (χ3v) is 5.67. The van der Waals surface area contributed by atoms with E-state index in [0.717, 1.165) is 35.1 Å². The molecule has 0 aliphatic carbocycles. The number of hydrogen-bond donors (Lipinski definition) is 2. The Morgan fingerprint density at radius 3 is 2.53 bits per heavy atom. The Morgan fingerprint density at radius 2 is 1.80 bits per heavy atom. The highest BCUT2D eigenvalue weighted by molar-refractivity contribution is 5.90. The molecule has 1 aliphatic rings. The number of urea groups is 1. The monoisotopic (exact) mass is 405 g/mol. The summed E-state index contributed by atoms with van der Waals surface area (Å²) in [5.74, 6) is 0.498. The Balaban J connectivity index is 1.42. The molecule has 0 bridgehead atoms. The molecule has 0 unspecified atom stereocenters. The zero-order chi connectivity index (χ0) is 21.1. The average Bonchev–Trinajstić information content (AvgIpc) is 2.75. The lowest BCUT2D eigenvalue weighted by atomic mass is 10.1. The van der Waals surface area contributed by atoms with Crippen LogP contribution in [0.1, 0.15) is 25.3 Å². The molecule has 7 nitrogen and oxygen atoms in total. The van der Waals surface area contributed by atoms with E-state index < -0.39 is 0 Å². The summed E-state index contributed by atoms with van der Waals surface area (Å²) in [6, 6.07) is 15.3. The van der Waals surface area contributed by atoms with Gasteiger partial charge in [0.15, 0.2) is 5.82 Å². The smallest absolute Gasteiger partial charge is 0.319 e. The highest BCUT2D eigenvalue weighted by Gasteiger charge is 2.24. The van der Waals surface area contributed by atoms with Gasteiger partial charge in [0, 0.05) is 31.4 Å². The fraction of sp³-hybridized carbons (Fsp3) is 0.348. The quantitative estimate of drug-likeness (QED) is 0.696. The minimum absolute atomic E-state index is 0.0556. The van der Waals surface area contributed by atoms with Crippen molar-refractivity contribution in [3.63, 3.8) is 0 Å². The first kappa shape index (κ1) is 19.9. The third kappa shape index (κ3) is 4.01. The first-order valence-electron chi connectivity index (χ1n) is 10.4. The lowest BCUT2D eigenvalue weighted by Crippen LogP contribution is -2.47. The van der Waals surface area contributed by atoms with E-state index in [4.69, 9.17) is 0 Å². The maximum atomic E-state index is 13.0. The summed E-state index contributed by atoms with van der Waals surface area (Å²) in [6.45, 7) is 5.90. The lowest BCUT2D eigenvalue weighted by molar-refractivity contribution is 0.246. The average molecular weight is 406 g/mol. The topological polar surface area (TPSA) is 79.3 Å². The van der Waals surface area contributed by atoms with Gasteiger partial charge >= 0.3 is 6.03 Å². The summed E-state index contributed by atoms with van der Waals surface area (Å²) in [5.41, 5.74) is 3.47. The Kier molecular flexibility index (Phi) is 5.70. The molecule has 1 aromatic heterocycles. The standard InChI is InChI=1S/C23H27N5O2/c1-3-28-20-11-7-6-10-19(20)25-21(22(28)29)27-14-12-17(13-15-27)24-23(30)26-18-9-5-4-8-16(18)2/h4-11,17H,3,12-15H2,1-2H3,(H2,24,26,30). The van der Waals surface area contributed by atoms with Crippen LogP contribution in [0, 0.1) is 6.92 Å². The number of anilines is 2. The van der Waals surface area contributed by atoms with Crippen LogP contribution < -0.4 is 21.1 Å². The highest BCUT2D eigenvalue weighted by Crippen LogP contribution is 2.19. The van der Waals surface area contributed by atoms with Gasteiger partial charge in [0.2, 0.25) is 0 Å². The summed E-state index contributed by atoms with van der Waals surface area (Å²) >= 11 is 0. The summed E-state index contributed by atoms with van der Waals surface area (Å²) in [4.78, 5) is 32.0. The van der Waals surface area contributed by atoms with Gasteiger partial charge in [-0.1, -0.05) is 30.3 Å². The van der Waals surface area contributed by atoms with Gasteiger partial charge in [-0.25, -0.2) is 9.78 Å². The van der Waals surface area contributed by atoms with Crippen LogP contribution in [-0.2, 0) is 6.54 Å². The van der Waals surface area contributed by atoms with Crippen molar-refractivity contribution in [1.82, 2.24) is 14.9 Å². The summed E-state index contributed by atoms with van der Waals surface area (Å²) in [6.07, 6.45) is 1.53. The maximum absolute atomic E-state index is 13.0. The van der Waals surface area contributed by atoms with Crippen LogP contribution >= 0.6 is 0 Å². The number of aromatic nitrogens is 2. The molecule has 0 saturated carbocycles. The van der Waals surface area contributed by atoms with Crippen molar-refractivity contribution >= 4 is 28.6 Å². The fourth-order valence-electron chi connectivity index (χ4n) is 3.99. The number of benzene rings is 2. The predicted octanol–water partition coefficient (Wildman–Crippen LogP) is 3.52. The Morgan fingerprint density at radius 1 is 1.10 bits per heavy atom. The number of nitrogens with zero attached hydrogens (tertiary/aromatic N) is 3. The molecular formula is C23H27N5O2. The van der Waals surface area contributed by atoms with Crippen molar-refractivity contribution in [2.75, 3.05) is 23.3 Å². The van der Waals surface area contributed by atoms with Gasteiger partial charge in [0.25, 0.3) is 5.56 Å². The number of carbonyl (C=O) groups is 1. The minimum Gasteiger partial charge on any atom is -0.352 e. The van der Waals surface area contributed by atoms with Crippen molar-refractivity contribution in [3.05, 3.63) is 64.4 Å². The molecule has 2 aromatic carbocycles. The van der Waals surface area contributed by atoms with Gasteiger partial charge in [0.1, 0.15) is 0 Å². The van der Waals surface area contributed by atoms with Crippen LogP contribution in [0.5, 0.6) is 0 Å². The molecule has 0 spiro atoms. The number of para-hydroxylation sites is 3. The van der Waals surface area contributed by atoms with E-state index in [0.29, 0.717) is 25.5 Å². The number of piperidine rings is 1. The van der Waals surface area contributed by atoms with E-state index in [1.54, 1.807) is 4.57 Å². The molecule has 1 saturated heterocycles. The molecule has 2 amide bonds. The molecule has 156 valence electrons. The Bertz CT molecular complexity index is 1120. The zero-order valence-electron chi connectivity index (χ0n) is 17.4. The summed E-state index contributed by atoms with van der Waals surface area (Å²) in [7, 11) is 0. The van der Waals surface area contributed by atoms with Gasteiger partial charge in [0.05, 0.1) is 11.0 Å². The van der Waals surface area contributed by atoms with Crippen molar-refractivity contribution < 1.29 is 4.79 Å². The molecule has 2 N–H and O–H groups in total. The van der Waals surface area contributed by atoms with Gasteiger partial charge in [-0.15, -0.1) is 0 Å². The number of fused-ring (bicyclic) bond motifs is 1. The maximum Gasteiger partial charge on any atom is 0.319 e. The second-order valence-electron chi connectivity index (χ2n) is 7.65. The number of hydrogen-bond acceptors (Lipinski definition) is 4. The molecule has 30 heavy (non-hydrogen) atoms. The van der Waals surface area contributed by atoms with Crippen LogP contribution in [0.3, 0.4) is 0 Å². The molecule has 1 fully saturated rings. The largest absolute Gasteiger partial charge is 0.352 e. The van der Waals surface area contributed by atoms with Gasteiger partial charge in [-0.3, -0.25) is 4.79 Å². The van der Waals surface area contributed by atoms with E-state index in [2.05, 4.69) is 15.6 Å². The zero-order valence-corrected chi connectivity index (χ0v) is 17.4. The summed E-state index contributed by atoms with van der Waals surface area (Å²) < 4.78 is 1.78. The molecule has 0 radical (unpaired) electrons. The second kappa shape index (κ2) is 8.57. The number of amides is 2. The van der Waals surface area contributed by atoms with Crippen LogP contribution in [0.15, 0.2) is 53.3 Å². The Labute approximate surface area is 175 Å². The highest BCUT2D eigenvalue weighted by atomic mass is 16.2. The van der Waals surface area contributed by atoms with Gasteiger partial charge in [-0.2, -0.15) is 0 Å². The molecule has 1 aliphatic heterocycles. The third-order valence-electron chi connectivity index (χ3n) is 5.67. The van der Waals surface area contributed by atoms with E-state index in [9.17, 15) is 9.59 Å². The van der Waals surface area contributed by atoms with E-state index in [-0.39, 0.29) is 17.6 Å². The first-order chi connectivity index (χ1) is 14.6. The van der Waals surface area contributed by atoms with Gasteiger partial charge in [-0.05, 0) is 50.5 Å². The number of rotatable bonds is 4. The molecular weight excluding hydrogens is 378 g/mol. The SMILES string of the molecule is CCn1c(=O)c(N2CCC(NC(=O)Nc3ccccc3C)CC2)nc2ccccc21. The molecule has 0 atom stereocenters. The van der Waals surface area contributed by atoms with E-state index >= 15 is 0 Å². The molecule has 4 rings (SSSR count). The van der Waals surface area contributed by atoms with Crippen molar-refractivity contribution in [2.45, 2.75) is 39.3 Å². The van der Waals surface area contributed by atoms with Crippen molar-refractivity contribution in [1.29, 1.82) is 0 Å². The molecule has 3 aromatic rings. The second-order valence-corrected chi connectivity index (χ2v) is 7.65. The number of aryl methyl sites for hydroxylation is 2. The molecule has 7 heteroatoms. The normalized spacial score (nSPS) is 14.7. The lowest BCUT2D eigenvalue weighted by Gasteiger charge is -2.33. The number of nitrogens with one attached hydrogen (secondary N) is 2. The van der Waals surface area contributed by atoms with Crippen LogP contribution in [-0.4, -0.2) is 34.7 Å². The van der Waals surface area contributed by atoms with Crippen LogP contribution in [0.25, 0.3) is 11.0 Å². The van der Waals surface area contributed by atoms with E-state index in [1.807, 2.05) is 67.3 Å². The van der Waals surface area contributed by atoms with Crippen molar-refractivity contribution in [3.8, 4) is 0 Å².